The van der Waals surface area contributed by atoms with Gasteiger partial charge in [0.2, 0.25) is 0 Å². The van der Waals surface area contributed by atoms with Crippen LogP contribution in [0.5, 0.6) is 0 Å². The molecule has 3 unspecified atom stereocenters. The minimum absolute atomic E-state index is 0.0555. The first kappa shape index (κ1) is 18.5. The third-order valence-corrected chi connectivity index (χ3v) is 6.16. The van der Waals surface area contributed by atoms with Crippen LogP contribution < -0.4 is 10.9 Å². The minimum Gasteiger partial charge on any atom is -0.459 e. The van der Waals surface area contributed by atoms with Crippen molar-refractivity contribution in [2.45, 2.75) is 18.9 Å². The van der Waals surface area contributed by atoms with Gasteiger partial charge >= 0.3 is 0 Å². The van der Waals surface area contributed by atoms with E-state index in [4.69, 9.17) is 4.42 Å². The molecule has 1 aromatic carbocycles. The van der Waals surface area contributed by atoms with Gasteiger partial charge in [-0.15, -0.1) is 0 Å². The number of para-hydroxylation sites is 1. The number of benzene rings is 1. The summed E-state index contributed by atoms with van der Waals surface area (Å²) in [5, 5.41) is 1.13. The predicted octanol–water partition coefficient (Wildman–Crippen LogP) is 3.19. The summed E-state index contributed by atoms with van der Waals surface area (Å²) in [6.45, 7) is 3.69. The van der Waals surface area contributed by atoms with E-state index in [1.54, 1.807) is 12.4 Å². The zero-order chi connectivity index (χ0) is 19.6. The maximum atomic E-state index is 12.9. The van der Waals surface area contributed by atoms with Gasteiger partial charge in [0.25, 0.3) is 0 Å². The van der Waals surface area contributed by atoms with Crippen molar-refractivity contribution in [1.29, 1.82) is 0 Å². The van der Waals surface area contributed by atoms with Crippen molar-refractivity contribution in [2.75, 3.05) is 26.2 Å². The monoisotopic (exact) mass is 390 g/mol. The summed E-state index contributed by atoms with van der Waals surface area (Å²) in [6.07, 6.45) is 5.41. The highest BCUT2D eigenvalue weighted by Gasteiger charge is 2.34. The molecule has 5 rings (SSSR count). The predicted molar refractivity (Wildman–Crippen MR) is 111 cm³/mol. The van der Waals surface area contributed by atoms with E-state index in [0.717, 1.165) is 61.3 Å². The largest absolute Gasteiger partial charge is 0.459 e. The number of hydrazine groups is 1. The normalized spacial score (nSPS) is 25.4. The molecule has 0 bridgehead atoms. The molecule has 2 fully saturated rings. The Hall–Kier alpha value is -2.54. The van der Waals surface area contributed by atoms with Gasteiger partial charge in [-0.3, -0.25) is 15.2 Å². The molecule has 0 radical (unpaired) electrons. The number of fused-ring (bicyclic) bond motifs is 1. The number of carbonyl (C=O) groups excluding carboxylic acids is 1. The van der Waals surface area contributed by atoms with E-state index in [1.165, 1.54) is 0 Å². The number of piperidine rings is 1. The number of rotatable bonds is 5. The molecule has 0 aliphatic carbocycles. The molecular formula is C23H26N4O2. The lowest BCUT2D eigenvalue weighted by atomic mass is 9.89. The van der Waals surface area contributed by atoms with Crippen LogP contribution in [0.15, 0.2) is 59.3 Å². The third kappa shape index (κ3) is 3.83. The summed E-state index contributed by atoms with van der Waals surface area (Å²) in [6, 6.07) is 14.1. The molecule has 2 N–H and O–H groups in total. The summed E-state index contributed by atoms with van der Waals surface area (Å²) in [7, 11) is 0. The van der Waals surface area contributed by atoms with Crippen LogP contribution in [-0.4, -0.2) is 41.8 Å². The lowest BCUT2D eigenvalue weighted by Crippen LogP contribution is -2.42. The molecule has 3 atom stereocenters. The first-order chi connectivity index (χ1) is 14.3. The number of hydrogen-bond acceptors (Lipinski definition) is 6. The molecule has 2 saturated heterocycles. The average Bonchev–Trinajstić information content (AvgIpc) is 3.40. The maximum absolute atomic E-state index is 12.9. The van der Waals surface area contributed by atoms with E-state index < -0.39 is 0 Å². The van der Waals surface area contributed by atoms with Crippen molar-refractivity contribution in [3.8, 4) is 0 Å². The van der Waals surface area contributed by atoms with Gasteiger partial charge in [-0.25, -0.2) is 5.43 Å². The van der Waals surface area contributed by atoms with Crippen LogP contribution >= 0.6 is 0 Å². The molecule has 29 heavy (non-hydrogen) atoms. The second kappa shape index (κ2) is 8.06. The third-order valence-electron chi connectivity index (χ3n) is 6.16. The Kier molecular flexibility index (Phi) is 5.14. The van der Waals surface area contributed by atoms with Crippen LogP contribution in [0.1, 0.15) is 35.0 Å². The van der Waals surface area contributed by atoms with E-state index in [2.05, 4.69) is 32.9 Å². The molecule has 6 nitrogen and oxygen atoms in total. The number of ketones is 1. The van der Waals surface area contributed by atoms with E-state index in [0.29, 0.717) is 5.92 Å². The Balaban J connectivity index is 1.27. The van der Waals surface area contributed by atoms with Crippen molar-refractivity contribution >= 4 is 16.8 Å². The molecule has 6 heteroatoms. The van der Waals surface area contributed by atoms with Crippen molar-refractivity contribution < 1.29 is 9.21 Å². The summed E-state index contributed by atoms with van der Waals surface area (Å²) >= 11 is 0. The van der Waals surface area contributed by atoms with E-state index in [-0.39, 0.29) is 17.7 Å². The number of aromatic nitrogens is 1. The fourth-order valence-corrected chi connectivity index (χ4v) is 4.68. The van der Waals surface area contributed by atoms with Gasteiger partial charge < -0.3 is 9.32 Å². The second-order valence-electron chi connectivity index (χ2n) is 8.15. The van der Waals surface area contributed by atoms with Gasteiger partial charge in [-0.2, -0.15) is 0 Å². The van der Waals surface area contributed by atoms with Gasteiger partial charge in [0, 0.05) is 54.8 Å². The van der Waals surface area contributed by atoms with E-state index >= 15 is 0 Å². The summed E-state index contributed by atoms with van der Waals surface area (Å²) in [5.74, 6) is 1.64. The lowest BCUT2D eigenvalue weighted by molar-refractivity contribution is 0.0796. The van der Waals surface area contributed by atoms with Crippen LogP contribution in [0.25, 0.3) is 11.0 Å². The molecule has 0 spiro atoms. The molecule has 0 saturated carbocycles. The highest BCUT2D eigenvalue weighted by molar-refractivity contribution is 5.97. The topological polar surface area (TPSA) is 70.4 Å². The molecule has 3 aromatic rings. The number of nitrogens with one attached hydrogen (secondary N) is 2. The van der Waals surface area contributed by atoms with Gasteiger partial charge in [0.05, 0.1) is 6.04 Å². The smallest absolute Gasteiger partial charge is 0.168 e. The van der Waals surface area contributed by atoms with Crippen molar-refractivity contribution in [3.63, 3.8) is 0 Å². The zero-order valence-electron chi connectivity index (χ0n) is 16.4. The Labute approximate surface area is 170 Å². The number of likely N-dealkylation sites (tertiary alicyclic amines) is 1. The van der Waals surface area contributed by atoms with Gasteiger partial charge in [-0.1, -0.05) is 18.2 Å². The molecule has 4 heterocycles. The summed E-state index contributed by atoms with van der Waals surface area (Å²) in [5.41, 5.74) is 8.34. The molecule has 0 amide bonds. The lowest BCUT2D eigenvalue weighted by Gasteiger charge is -2.34. The van der Waals surface area contributed by atoms with Crippen LogP contribution in [0.4, 0.5) is 0 Å². The Morgan fingerprint density at radius 3 is 3.03 bits per heavy atom. The fraction of sp³-hybridized carbons (Fsp3) is 0.391. The van der Waals surface area contributed by atoms with Crippen molar-refractivity contribution in [3.05, 3.63) is 66.2 Å². The zero-order valence-corrected chi connectivity index (χ0v) is 16.4. The summed E-state index contributed by atoms with van der Waals surface area (Å²) in [4.78, 5) is 19.4. The van der Waals surface area contributed by atoms with Gasteiger partial charge in [-0.05, 0) is 43.7 Å². The van der Waals surface area contributed by atoms with Gasteiger partial charge in [0.15, 0.2) is 5.78 Å². The molecular weight excluding hydrogens is 364 g/mol. The Morgan fingerprint density at radius 2 is 2.17 bits per heavy atom. The number of carbonyl (C=O) groups is 1. The second-order valence-corrected chi connectivity index (χ2v) is 8.15. The SMILES string of the molecule is O=C(c1cccnc1)C1CCCN(CC2CNNC2c2cc3ccccc3o2)C1. The molecule has 2 aliphatic rings. The Morgan fingerprint density at radius 1 is 1.24 bits per heavy atom. The molecule has 2 aromatic heterocycles. The quantitative estimate of drug-likeness (QED) is 0.652. The summed E-state index contributed by atoms with van der Waals surface area (Å²) < 4.78 is 6.11. The van der Waals surface area contributed by atoms with Crippen LogP contribution in [-0.2, 0) is 0 Å². The molecule has 150 valence electrons. The highest BCUT2D eigenvalue weighted by atomic mass is 16.3. The maximum Gasteiger partial charge on any atom is 0.168 e. The Bertz CT molecular complexity index is 954. The number of nitrogens with zero attached hydrogens (tertiary/aromatic N) is 2. The number of furan rings is 1. The van der Waals surface area contributed by atoms with Crippen LogP contribution in [0, 0.1) is 11.8 Å². The van der Waals surface area contributed by atoms with Gasteiger partial charge in [0.1, 0.15) is 11.3 Å². The number of Topliss-reactive ketones (excluding diaryl/α,β-unsaturated/α-hetero) is 1. The van der Waals surface area contributed by atoms with Crippen LogP contribution in [0.3, 0.4) is 0 Å². The van der Waals surface area contributed by atoms with Crippen molar-refractivity contribution in [1.82, 2.24) is 20.7 Å². The number of hydrogen-bond donors (Lipinski definition) is 2. The first-order valence-electron chi connectivity index (χ1n) is 10.4. The van der Waals surface area contributed by atoms with E-state index in [9.17, 15) is 4.79 Å². The van der Waals surface area contributed by atoms with Crippen LogP contribution in [0.2, 0.25) is 0 Å². The average molecular weight is 390 g/mol. The number of pyridine rings is 1. The highest BCUT2D eigenvalue weighted by Crippen LogP contribution is 2.31. The minimum atomic E-state index is 0.0555. The van der Waals surface area contributed by atoms with Crippen molar-refractivity contribution in [2.24, 2.45) is 11.8 Å². The first-order valence-corrected chi connectivity index (χ1v) is 10.4. The standard InChI is InChI=1S/C23H26N4O2/c28-23(17-6-3-9-24-12-17)18-7-4-10-27(14-18)15-19-13-25-26-22(19)21-11-16-5-1-2-8-20(16)29-21/h1-3,5-6,8-9,11-12,18-19,22,25-26H,4,7,10,13-15H2. The van der Waals surface area contributed by atoms with E-state index in [1.807, 2.05) is 30.3 Å². The molecule has 2 aliphatic heterocycles. The fourth-order valence-electron chi connectivity index (χ4n) is 4.68.